The standard InChI is InChI=1S/C19H20N2/c1-14-12-15(2)19-17(13-14)18(9-11-21-19)20-10-8-16-6-4-3-5-7-16/h3-7,9,11-13H,8,10H2,1-2H3,(H,20,21). The number of aromatic nitrogens is 1. The van der Waals surface area contributed by atoms with E-state index in [9.17, 15) is 0 Å². The van der Waals surface area contributed by atoms with E-state index in [2.05, 4.69) is 72.7 Å². The van der Waals surface area contributed by atoms with Crippen LogP contribution in [0.2, 0.25) is 0 Å². The summed E-state index contributed by atoms with van der Waals surface area (Å²) in [5, 5.41) is 4.76. The number of benzene rings is 2. The first-order chi connectivity index (χ1) is 10.2. The lowest BCUT2D eigenvalue weighted by Crippen LogP contribution is -2.05. The van der Waals surface area contributed by atoms with E-state index in [0.29, 0.717) is 0 Å². The van der Waals surface area contributed by atoms with Crippen LogP contribution in [-0.2, 0) is 6.42 Å². The van der Waals surface area contributed by atoms with Crippen molar-refractivity contribution < 1.29 is 0 Å². The Hall–Kier alpha value is -2.35. The first kappa shape index (κ1) is 13.6. The molecule has 2 aromatic carbocycles. The Kier molecular flexibility index (Phi) is 3.87. The Balaban J connectivity index is 1.81. The molecule has 0 radical (unpaired) electrons. The van der Waals surface area contributed by atoms with Crippen LogP contribution in [0.1, 0.15) is 16.7 Å². The van der Waals surface area contributed by atoms with Gasteiger partial charge in [0.05, 0.1) is 5.52 Å². The van der Waals surface area contributed by atoms with Gasteiger partial charge in [-0.25, -0.2) is 0 Å². The van der Waals surface area contributed by atoms with Crippen LogP contribution in [0.15, 0.2) is 54.7 Å². The lowest BCUT2D eigenvalue weighted by Gasteiger charge is -2.11. The van der Waals surface area contributed by atoms with Crippen LogP contribution in [0.3, 0.4) is 0 Å². The van der Waals surface area contributed by atoms with Gasteiger partial charge >= 0.3 is 0 Å². The van der Waals surface area contributed by atoms with Crippen molar-refractivity contribution in [1.82, 2.24) is 4.98 Å². The van der Waals surface area contributed by atoms with E-state index in [4.69, 9.17) is 0 Å². The van der Waals surface area contributed by atoms with Gasteiger partial charge in [0.15, 0.2) is 0 Å². The number of nitrogens with zero attached hydrogens (tertiary/aromatic N) is 1. The number of pyridine rings is 1. The molecule has 0 spiro atoms. The fourth-order valence-corrected chi connectivity index (χ4v) is 2.75. The van der Waals surface area contributed by atoms with Crippen LogP contribution < -0.4 is 5.32 Å². The van der Waals surface area contributed by atoms with Crippen molar-refractivity contribution in [1.29, 1.82) is 0 Å². The Morgan fingerprint density at radius 2 is 1.81 bits per heavy atom. The predicted octanol–water partition coefficient (Wildman–Crippen LogP) is 4.51. The maximum absolute atomic E-state index is 4.51. The molecule has 0 bridgehead atoms. The molecule has 0 unspecified atom stereocenters. The van der Waals surface area contributed by atoms with Gasteiger partial charge in [0, 0.05) is 23.8 Å². The van der Waals surface area contributed by atoms with Gasteiger partial charge < -0.3 is 5.32 Å². The highest BCUT2D eigenvalue weighted by Crippen LogP contribution is 2.25. The number of nitrogens with one attached hydrogen (secondary N) is 1. The predicted molar refractivity (Wildman–Crippen MR) is 89.9 cm³/mol. The Morgan fingerprint density at radius 1 is 1.00 bits per heavy atom. The van der Waals surface area contributed by atoms with Crippen LogP contribution in [0, 0.1) is 13.8 Å². The number of hydrogen-bond donors (Lipinski definition) is 1. The molecule has 1 N–H and O–H groups in total. The zero-order valence-electron chi connectivity index (χ0n) is 12.6. The SMILES string of the molecule is Cc1cc(C)c2nccc(NCCc3ccccc3)c2c1. The van der Waals surface area contributed by atoms with Crippen LogP contribution in [0.25, 0.3) is 10.9 Å². The molecule has 0 amide bonds. The zero-order valence-corrected chi connectivity index (χ0v) is 12.6. The van der Waals surface area contributed by atoms with Gasteiger partial charge in [-0.1, -0.05) is 42.0 Å². The molecule has 106 valence electrons. The number of hydrogen-bond acceptors (Lipinski definition) is 2. The molecule has 2 heteroatoms. The Bertz CT molecular complexity index is 748. The highest BCUT2D eigenvalue weighted by atomic mass is 14.9. The third-order valence-electron chi connectivity index (χ3n) is 3.75. The van der Waals surface area contributed by atoms with Crippen molar-refractivity contribution in [2.24, 2.45) is 0 Å². The number of aryl methyl sites for hydroxylation is 2. The van der Waals surface area contributed by atoms with Crippen molar-refractivity contribution in [3.8, 4) is 0 Å². The molecule has 0 aliphatic rings. The highest BCUT2D eigenvalue weighted by Gasteiger charge is 2.05. The smallest absolute Gasteiger partial charge is 0.0752 e. The number of rotatable bonds is 4. The second-order valence-electron chi connectivity index (χ2n) is 5.50. The minimum Gasteiger partial charge on any atom is -0.384 e. The average molecular weight is 276 g/mol. The van der Waals surface area contributed by atoms with Gasteiger partial charge in [0.1, 0.15) is 0 Å². The minimum absolute atomic E-state index is 0.927. The molecule has 1 aromatic heterocycles. The molecule has 0 saturated heterocycles. The fraction of sp³-hybridized carbons (Fsp3) is 0.211. The lowest BCUT2D eigenvalue weighted by molar-refractivity contribution is 1.02. The summed E-state index contributed by atoms with van der Waals surface area (Å²) >= 11 is 0. The average Bonchev–Trinajstić information content (AvgIpc) is 2.49. The van der Waals surface area contributed by atoms with E-state index in [0.717, 1.165) is 18.5 Å². The van der Waals surface area contributed by atoms with Crippen LogP contribution in [0.5, 0.6) is 0 Å². The Labute approximate surface area is 125 Å². The van der Waals surface area contributed by atoms with E-state index in [-0.39, 0.29) is 0 Å². The molecule has 1 heterocycles. The van der Waals surface area contributed by atoms with Crippen molar-refractivity contribution >= 4 is 16.6 Å². The fourth-order valence-electron chi connectivity index (χ4n) is 2.75. The lowest BCUT2D eigenvalue weighted by atomic mass is 10.1. The van der Waals surface area contributed by atoms with Gasteiger partial charge in [-0.2, -0.15) is 0 Å². The summed E-state index contributed by atoms with van der Waals surface area (Å²) in [5.74, 6) is 0. The normalized spacial score (nSPS) is 10.8. The van der Waals surface area contributed by atoms with Crippen LogP contribution >= 0.6 is 0 Å². The largest absolute Gasteiger partial charge is 0.384 e. The van der Waals surface area contributed by atoms with Crippen molar-refractivity contribution in [3.05, 3.63) is 71.4 Å². The molecule has 21 heavy (non-hydrogen) atoms. The third-order valence-corrected chi connectivity index (χ3v) is 3.75. The summed E-state index contributed by atoms with van der Waals surface area (Å²) < 4.78 is 0. The molecule has 2 nitrogen and oxygen atoms in total. The second-order valence-corrected chi connectivity index (χ2v) is 5.50. The van der Waals surface area contributed by atoms with Crippen molar-refractivity contribution in [2.45, 2.75) is 20.3 Å². The van der Waals surface area contributed by atoms with Gasteiger partial charge in [-0.3, -0.25) is 4.98 Å². The van der Waals surface area contributed by atoms with E-state index in [1.807, 2.05) is 6.20 Å². The maximum atomic E-state index is 4.51. The van der Waals surface area contributed by atoms with E-state index in [1.54, 1.807) is 0 Å². The zero-order chi connectivity index (χ0) is 14.7. The third kappa shape index (κ3) is 3.05. The first-order valence-corrected chi connectivity index (χ1v) is 7.38. The molecule has 3 aromatic rings. The maximum Gasteiger partial charge on any atom is 0.0752 e. The summed E-state index contributed by atoms with van der Waals surface area (Å²) in [6.45, 7) is 5.18. The summed E-state index contributed by atoms with van der Waals surface area (Å²) in [5.41, 5.74) is 6.12. The molecule has 0 saturated carbocycles. The summed E-state index contributed by atoms with van der Waals surface area (Å²) in [6, 6.07) is 17.0. The molecule has 0 aliphatic carbocycles. The first-order valence-electron chi connectivity index (χ1n) is 7.38. The molecule has 0 aliphatic heterocycles. The van der Waals surface area contributed by atoms with E-state index < -0.39 is 0 Å². The summed E-state index contributed by atoms with van der Waals surface area (Å²) in [7, 11) is 0. The van der Waals surface area contributed by atoms with E-state index in [1.165, 1.54) is 27.8 Å². The molecule has 0 atom stereocenters. The topological polar surface area (TPSA) is 24.9 Å². The van der Waals surface area contributed by atoms with Gasteiger partial charge in [0.2, 0.25) is 0 Å². The summed E-state index contributed by atoms with van der Waals surface area (Å²) in [6.07, 6.45) is 2.91. The van der Waals surface area contributed by atoms with Gasteiger partial charge in [-0.15, -0.1) is 0 Å². The second kappa shape index (κ2) is 5.96. The van der Waals surface area contributed by atoms with Crippen LogP contribution in [-0.4, -0.2) is 11.5 Å². The monoisotopic (exact) mass is 276 g/mol. The Morgan fingerprint density at radius 3 is 2.62 bits per heavy atom. The number of fused-ring (bicyclic) bond motifs is 1. The molecule has 3 rings (SSSR count). The van der Waals surface area contributed by atoms with E-state index >= 15 is 0 Å². The van der Waals surface area contributed by atoms with Gasteiger partial charge in [-0.05, 0) is 43.5 Å². The molecular formula is C19H20N2. The molecule has 0 fully saturated rings. The highest BCUT2D eigenvalue weighted by molar-refractivity contribution is 5.93. The quantitative estimate of drug-likeness (QED) is 0.758. The van der Waals surface area contributed by atoms with Crippen molar-refractivity contribution in [3.63, 3.8) is 0 Å². The minimum atomic E-state index is 0.927. The molecular weight excluding hydrogens is 256 g/mol. The van der Waals surface area contributed by atoms with Crippen LogP contribution in [0.4, 0.5) is 5.69 Å². The van der Waals surface area contributed by atoms with Crippen molar-refractivity contribution in [2.75, 3.05) is 11.9 Å². The number of anilines is 1. The summed E-state index contributed by atoms with van der Waals surface area (Å²) in [4.78, 5) is 4.51. The van der Waals surface area contributed by atoms with Gasteiger partial charge in [0.25, 0.3) is 0 Å².